The summed E-state index contributed by atoms with van der Waals surface area (Å²) in [5, 5.41) is 0. The molecule has 0 fully saturated rings. The molecule has 1 atom stereocenters. The molecule has 2 heteroatoms. The third-order valence-corrected chi connectivity index (χ3v) is 3.09. The number of hydrogen-bond donors (Lipinski definition) is 0. The number of hydrogen-bond acceptors (Lipinski definition) is 2. The molecule has 0 aromatic carbocycles. The van der Waals surface area contributed by atoms with Gasteiger partial charge in [-0.15, -0.1) is 0 Å². The van der Waals surface area contributed by atoms with Crippen molar-refractivity contribution in [3.8, 4) is 0 Å². The van der Waals surface area contributed by atoms with Crippen molar-refractivity contribution in [2.45, 2.75) is 59.8 Å². The van der Waals surface area contributed by atoms with E-state index in [1.807, 2.05) is 0 Å². The van der Waals surface area contributed by atoms with Crippen molar-refractivity contribution in [2.24, 2.45) is 11.8 Å². The summed E-state index contributed by atoms with van der Waals surface area (Å²) in [6.45, 7) is 7.36. The molecule has 0 amide bonds. The van der Waals surface area contributed by atoms with Gasteiger partial charge in [0.15, 0.2) is 0 Å². The van der Waals surface area contributed by atoms with Crippen molar-refractivity contribution in [1.82, 2.24) is 0 Å². The maximum Gasteiger partial charge on any atom is 0.140 e. The first kappa shape index (κ1) is 14.3. The standard InChI is InChI=1S/C13H24O2/c1-5-7-8-12(6-2)9-13(10(3)14)11(4)15/h12-13H,5-9H2,1-4H3. The molecule has 0 saturated carbocycles. The van der Waals surface area contributed by atoms with Gasteiger partial charge in [-0.25, -0.2) is 0 Å². The smallest absolute Gasteiger partial charge is 0.140 e. The fourth-order valence-corrected chi connectivity index (χ4v) is 1.93. The number of carbonyl (C=O) groups excluding carboxylic acids is 2. The average Bonchev–Trinajstić information content (AvgIpc) is 2.17. The van der Waals surface area contributed by atoms with E-state index in [1.165, 1.54) is 26.7 Å². The predicted octanol–water partition coefficient (Wildman–Crippen LogP) is 3.39. The molecular formula is C13H24O2. The topological polar surface area (TPSA) is 34.1 Å². The van der Waals surface area contributed by atoms with Gasteiger partial charge >= 0.3 is 0 Å². The summed E-state index contributed by atoms with van der Waals surface area (Å²) in [5.74, 6) is 0.226. The van der Waals surface area contributed by atoms with Crippen LogP contribution in [0.4, 0.5) is 0 Å². The zero-order valence-electron chi connectivity index (χ0n) is 10.5. The van der Waals surface area contributed by atoms with Crippen LogP contribution in [0.25, 0.3) is 0 Å². The summed E-state index contributed by atoms with van der Waals surface area (Å²) in [6, 6.07) is 0. The highest BCUT2D eigenvalue weighted by Gasteiger charge is 2.22. The fourth-order valence-electron chi connectivity index (χ4n) is 1.93. The molecule has 15 heavy (non-hydrogen) atoms. The fraction of sp³-hybridized carbons (Fsp3) is 0.846. The SMILES string of the molecule is CCCCC(CC)CC(C(C)=O)C(C)=O. The van der Waals surface area contributed by atoms with E-state index in [9.17, 15) is 9.59 Å². The maximum atomic E-state index is 11.3. The minimum atomic E-state index is -0.355. The lowest BCUT2D eigenvalue weighted by atomic mass is 9.85. The molecule has 0 N–H and O–H groups in total. The molecule has 0 aromatic rings. The van der Waals surface area contributed by atoms with E-state index in [1.54, 1.807) is 0 Å². The van der Waals surface area contributed by atoms with E-state index in [-0.39, 0.29) is 17.5 Å². The quantitative estimate of drug-likeness (QED) is 0.578. The van der Waals surface area contributed by atoms with Crippen LogP contribution >= 0.6 is 0 Å². The molecule has 0 aliphatic rings. The summed E-state index contributed by atoms with van der Waals surface area (Å²) in [5.41, 5.74) is 0. The second-order valence-electron chi connectivity index (χ2n) is 4.43. The van der Waals surface area contributed by atoms with Crippen LogP contribution < -0.4 is 0 Å². The lowest BCUT2D eigenvalue weighted by molar-refractivity contribution is -0.131. The minimum absolute atomic E-state index is 0.0254. The van der Waals surface area contributed by atoms with Crippen LogP contribution in [0.15, 0.2) is 0 Å². The maximum absolute atomic E-state index is 11.3. The molecule has 0 bridgehead atoms. The first-order valence-electron chi connectivity index (χ1n) is 6.03. The van der Waals surface area contributed by atoms with Gasteiger partial charge in [0.1, 0.15) is 11.6 Å². The zero-order valence-corrected chi connectivity index (χ0v) is 10.5. The monoisotopic (exact) mass is 212 g/mol. The normalized spacial score (nSPS) is 12.9. The second-order valence-corrected chi connectivity index (χ2v) is 4.43. The van der Waals surface area contributed by atoms with Crippen LogP contribution in [0.2, 0.25) is 0 Å². The Morgan fingerprint density at radius 1 is 1.07 bits per heavy atom. The third kappa shape index (κ3) is 5.71. The van der Waals surface area contributed by atoms with E-state index in [0.717, 1.165) is 19.3 Å². The largest absolute Gasteiger partial charge is 0.299 e. The summed E-state index contributed by atoms with van der Waals surface area (Å²) in [7, 11) is 0. The van der Waals surface area contributed by atoms with Crippen LogP contribution in [-0.2, 0) is 9.59 Å². The molecule has 0 heterocycles. The molecular weight excluding hydrogens is 188 g/mol. The third-order valence-electron chi connectivity index (χ3n) is 3.09. The molecule has 1 unspecified atom stereocenters. The first-order chi connectivity index (χ1) is 7.02. The van der Waals surface area contributed by atoms with Crippen LogP contribution in [0.5, 0.6) is 0 Å². The number of Topliss-reactive ketones (excluding diaryl/α,β-unsaturated/α-hetero) is 2. The Hall–Kier alpha value is -0.660. The van der Waals surface area contributed by atoms with Crippen molar-refractivity contribution >= 4 is 11.6 Å². The number of rotatable bonds is 8. The van der Waals surface area contributed by atoms with Gasteiger partial charge in [-0.05, 0) is 26.2 Å². The Labute approximate surface area is 93.4 Å². The zero-order chi connectivity index (χ0) is 11.8. The molecule has 2 nitrogen and oxygen atoms in total. The lowest BCUT2D eigenvalue weighted by Crippen LogP contribution is -2.22. The van der Waals surface area contributed by atoms with Crippen LogP contribution in [0.1, 0.15) is 59.8 Å². The van der Waals surface area contributed by atoms with E-state index in [4.69, 9.17) is 0 Å². The van der Waals surface area contributed by atoms with Crippen molar-refractivity contribution in [2.75, 3.05) is 0 Å². The highest BCUT2D eigenvalue weighted by Crippen LogP contribution is 2.22. The summed E-state index contributed by atoms with van der Waals surface area (Å²) in [6.07, 6.45) is 5.34. The Morgan fingerprint density at radius 3 is 1.93 bits per heavy atom. The van der Waals surface area contributed by atoms with Crippen molar-refractivity contribution in [3.05, 3.63) is 0 Å². The first-order valence-corrected chi connectivity index (χ1v) is 6.03. The van der Waals surface area contributed by atoms with Crippen molar-refractivity contribution < 1.29 is 9.59 Å². The van der Waals surface area contributed by atoms with Crippen LogP contribution in [0.3, 0.4) is 0 Å². The Bertz CT molecular complexity index is 195. The summed E-state index contributed by atoms with van der Waals surface area (Å²) in [4.78, 5) is 22.6. The van der Waals surface area contributed by atoms with Crippen molar-refractivity contribution in [3.63, 3.8) is 0 Å². The highest BCUT2D eigenvalue weighted by atomic mass is 16.1. The van der Waals surface area contributed by atoms with E-state index in [0.29, 0.717) is 5.92 Å². The van der Waals surface area contributed by atoms with Gasteiger partial charge in [0.25, 0.3) is 0 Å². The Balaban J connectivity index is 4.22. The minimum Gasteiger partial charge on any atom is -0.299 e. The van der Waals surface area contributed by atoms with Gasteiger partial charge in [-0.3, -0.25) is 9.59 Å². The average molecular weight is 212 g/mol. The van der Waals surface area contributed by atoms with Gasteiger partial charge in [-0.2, -0.15) is 0 Å². The number of unbranched alkanes of at least 4 members (excludes halogenated alkanes) is 1. The highest BCUT2D eigenvalue weighted by molar-refractivity contribution is 6.00. The van der Waals surface area contributed by atoms with Gasteiger partial charge in [-0.1, -0.05) is 39.5 Å². The van der Waals surface area contributed by atoms with E-state index >= 15 is 0 Å². The van der Waals surface area contributed by atoms with E-state index in [2.05, 4.69) is 13.8 Å². The van der Waals surface area contributed by atoms with E-state index < -0.39 is 0 Å². The van der Waals surface area contributed by atoms with Gasteiger partial charge < -0.3 is 0 Å². The molecule has 0 saturated heterocycles. The van der Waals surface area contributed by atoms with Gasteiger partial charge in [0.2, 0.25) is 0 Å². The Morgan fingerprint density at radius 2 is 1.60 bits per heavy atom. The molecule has 0 rings (SSSR count). The molecule has 0 radical (unpaired) electrons. The Kier molecular flexibility index (Phi) is 7.27. The molecule has 0 aliphatic carbocycles. The van der Waals surface area contributed by atoms with Crippen LogP contribution in [-0.4, -0.2) is 11.6 Å². The number of carbonyl (C=O) groups is 2. The molecule has 88 valence electrons. The second kappa shape index (κ2) is 7.61. The lowest BCUT2D eigenvalue weighted by Gasteiger charge is -2.18. The van der Waals surface area contributed by atoms with Gasteiger partial charge in [0, 0.05) is 0 Å². The summed E-state index contributed by atoms with van der Waals surface area (Å²) < 4.78 is 0. The summed E-state index contributed by atoms with van der Waals surface area (Å²) >= 11 is 0. The number of ketones is 2. The molecule has 0 spiro atoms. The molecule has 0 aromatic heterocycles. The molecule has 0 aliphatic heterocycles. The van der Waals surface area contributed by atoms with Gasteiger partial charge in [0.05, 0.1) is 5.92 Å². The van der Waals surface area contributed by atoms with Crippen LogP contribution in [0, 0.1) is 11.8 Å². The predicted molar refractivity (Wildman–Crippen MR) is 62.8 cm³/mol. The van der Waals surface area contributed by atoms with Crippen molar-refractivity contribution in [1.29, 1.82) is 0 Å².